The molecule has 6 N–H and O–H groups in total. The molecule has 0 radical (unpaired) electrons. The van der Waals surface area contributed by atoms with Gasteiger partial charge in [-0.2, -0.15) is 15.1 Å². The molecule has 14 heteroatoms. The number of rotatable bonds is 7. The fourth-order valence-corrected chi connectivity index (χ4v) is 3.28. The number of aliphatic hydroxyl groups excluding tert-OH is 3. The first-order valence-electron chi connectivity index (χ1n) is 9.71. The molecule has 3 aromatic rings. The van der Waals surface area contributed by atoms with E-state index in [1.807, 2.05) is 0 Å². The monoisotopic (exact) mass is 456 g/mol. The van der Waals surface area contributed by atoms with Gasteiger partial charge in [-0.1, -0.05) is 6.08 Å². The number of aromatic nitrogens is 4. The van der Waals surface area contributed by atoms with Crippen LogP contribution in [-0.4, -0.2) is 70.9 Å². The fraction of sp³-hybridized carbons (Fsp3) is 0.263. The van der Waals surface area contributed by atoms with Gasteiger partial charge < -0.3 is 25.8 Å². The van der Waals surface area contributed by atoms with Crippen molar-refractivity contribution in [2.45, 2.75) is 24.5 Å². The molecule has 4 unspecified atom stereocenters. The number of nitrogen functional groups attached to an aromatic ring is 1. The number of nitro groups is 1. The van der Waals surface area contributed by atoms with Crippen molar-refractivity contribution in [2.24, 2.45) is 5.10 Å². The Morgan fingerprint density at radius 3 is 2.70 bits per heavy atom. The number of fused-ring (bicyclic) bond motifs is 1. The first kappa shape index (κ1) is 22.2. The van der Waals surface area contributed by atoms with Gasteiger partial charge in [0.1, 0.15) is 23.8 Å². The van der Waals surface area contributed by atoms with Gasteiger partial charge in [0.15, 0.2) is 17.7 Å². The quantitative estimate of drug-likeness (QED) is 0.182. The number of ether oxygens (including phenoxy) is 1. The summed E-state index contributed by atoms with van der Waals surface area (Å²) < 4.78 is 6.91. The van der Waals surface area contributed by atoms with E-state index in [1.54, 1.807) is 24.3 Å². The van der Waals surface area contributed by atoms with E-state index in [0.29, 0.717) is 0 Å². The lowest BCUT2D eigenvalue weighted by molar-refractivity contribution is -0.384. The van der Waals surface area contributed by atoms with Gasteiger partial charge in [-0.05, 0) is 23.8 Å². The van der Waals surface area contributed by atoms with Crippen molar-refractivity contribution in [2.75, 3.05) is 17.8 Å². The van der Waals surface area contributed by atoms with Crippen LogP contribution in [0, 0.1) is 10.1 Å². The fourth-order valence-electron chi connectivity index (χ4n) is 3.28. The summed E-state index contributed by atoms with van der Waals surface area (Å²) in [4.78, 5) is 22.7. The Bertz CT molecular complexity index is 1210. The molecule has 14 nitrogen and oxygen atoms in total. The number of nitrogens with zero attached hydrogens (tertiary/aromatic N) is 6. The van der Waals surface area contributed by atoms with Crippen LogP contribution < -0.4 is 11.2 Å². The highest BCUT2D eigenvalue weighted by Gasteiger charge is 2.44. The third-order valence-corrected chi connectivity index (χ3v) is 4.96. The summed E-state index contributed by atoms with van der Waals surface area (Å²) in [7, 11) is 0. The second-order valence-corrected chi connectivity index (χ2v) is 7.08. The predicted octanol–water partition coefficient (Wildman–Crippen LogP) is 0.0393. The molecule has 1 aromatic carbocycles. The maximum absolute atomic E-state index is 10.7. The SMILES string of the molecule is Nc1nc(N/N=C/C=C/c2ccc([N+](=O)[O-])cc2)nc2c1ncn2C1OC(CO)C(O)C1O. The molecule has 4 atom stereocenters. The molecule has 1 fully saturated rings. The molecule has 2 aromatic heterocycles. The smallest absolute Gasteiger partial charge is 0.269 e. The van der Waals surface area contributed by atoms with E-state index in [1.165, 1.54) is 29.2 Å². The molecular weight excluding hydrogens is 436 g/mol. The van der Waals surface area contributed by atoms with Crippen LogP contribution in [-0.2, 0) is 4.74 Å². The van der Waals surface area contributed by atoms with Gasteiger partial charge in [0, 0.05) is 18.3 Å². The highest BCUT2D eigenvalue weighted by Crippen LogP contribution is 2.32. The van der Waals surface area contributed by atoms with Gasteiger partial charge in [-0.25, -0.2) is 10.4 Å². The number of aliphatic hydroxyl groups is 3. The number of benzene rings is 1. The number of nitrogens with two attached hydrogens (primary N) is 1. The zero-order valence-corrected chi connectivity index (χ0v) is 17.0. The van der Waals surface area contributed by atoms with E-state index < -0.39 is 36.1 Å². The molecule has 0 bridgehead atoms. The number of nitro benzene ring substituents is 1. The molecular formula is C19H20N8O6. The zero-order valence-electron chi connectivity index (χ0n) is 17.0. The van der Waals surface area contributed by atoms with Crippen molar-refractivity contribution in [3.05, 3.63) is 52.3 Å². The minimum atomic E-state index is -1.31. The van der Waals surface area contributed by atoms with Crippen LogP contribution in [0.15, 0.2) is 41.8 Å². The summed E-state index contributed by atoms with van der Waals surface area (Å²) in [5.41, 5.74) is 9.83. The van der Waals surface area contributed by atoms with Crippen LogP contribution >= 0.6 is 0 Å². The Hall–Kier alpha value is -3.98. The van der Waals surface area contributed by atoms with Crippen molar-refractivity contribution < 1.29 is 25.0 Å². The van der Waals surface area contributed by atoms with Crippen molar-refractivity contribution in [1.29, 1.82) is 0 Å². The average Bonchev–Trinajstić information content (AvgIpc) is 3.35. The van der Waals surface area contributed by atoms with Gasteiger partial charge >= 0.3 is 0 Å². The first-order valence-corrected chi connectivity index (χ1v) is 9.71. The molecule has 1 aliphatic rings. The summed E-state index contributed by atoms with van der Waals surface area (Å²) in [5, 5.41) is 44.2. The Morgan fingerprint density at radius 1 is 1.27 bits per heavy atom. The second-order valence-electron chi connectivity index (χ2n) is 7.08. The standard InChI is InChI=1S/C19H20N8O6/c20-16-13-17(26(9-21-13)18-15(30)14(29)12(8-28)33-18)24-19(23-16)25-22-7-1-2-10-3-5-11(6-4-10)27(31)32/h1-7,9,12,14-15,18,28-30H,8H2,(H3,20,23,24,25)/b2-1+,22-7+. The summed E-state index contributed by atoms with van der Waals surface area (Å²) in [5.74, 6) is 0.109. The number of non-ortho nitro benzene ring substituents is 1. The van der Waals surface area contributed by atoms with Crippen LogP contribution in [0.4, 0.5) is 17.5 Å². The van der Waals surface area contributed by atoms with E-state index in [2.05, 4.69) is 25.5 Å². The highest BCUT2D eigenvalue weighted by atomic mass is 16.6. The summed E-state index contributed by atoms with van der Waals surface area (Å²) in [6, 6.07) is 6.01. The van der Waals surface area contributed by atoms with Gasteiger partial charge in [0.2, 0.25) is 5.95 Å². The largest absolute Gasteiger partial charge is 0.394 e. The molecule has 3 heterocycles. The minimum Gasteiger partial charge on any atom is -0.394 e. The van der Waals surface area contributed by atoms with E-state index in [9.17, 15) is 25.4 Å². The number of allylic oxidation sites excluding steroid dienone is 1. The van der Waals surface area contributed by atoms with E-state index in [0.717, 1.165) is 5.56 Å². The lowest BCUT2D eigenvalue weighted by atomic mass is 10.1. The Morgan fingerprint density at radius 2 is 2.03 bits per heavy atom. The van der Waals surface area contributed by atoms with E-state index >= 15 is 0 Å². The number of imidazole rings is 1. The molecule has 0 aliphatic carbocycles. The topological polar surface area (TPSA) is 207 Å². The molecule has 4 rings (SSSR count). The molecule has 0 saturated carbocycles. The average molecular weight is 456 g/mol. The molecule has 0 amide bonds. The van der Waals surface area contributed by atoms with Crippen LogP contribution in [0.5, 0.6) is 0 Å². The summed E-state index contributed by atoms with van der Waals surface area (Å²) in [6.45, 7) is -0.465. The maximum atomic E-state index is 10.7. The van der Waals surface area contributed by atoms with Gasteiger partial charge in [0.05, 0.1) is 17.9 Å². The lowest BCUT2D eigenvalue weighted by Crippen LogP contribution is -2.33. The summed E-state index contributed by atoms with van der Waals surface area (Å²) >= 11 is 0. The molecule has 33 heavy (non-hydrogen) atoms. The minimum absolute atomic E-state index is 0.00349. The predicted molar refractivity (Wildman–Crippen MR) is 117 cm³/mol. The zero-order chi connectivity index (χ0) is 23.5. The van der Waals surface area contributed by atoms with E-state index in [-0.39, 0.29) is 28.6 Å². The van der Waals surface area contributed by atoms with E-state index in [4.69, 9.17) is 10.5 Å². The number of anilines is 2. The van der Waals surface area contributed by atoms with Crippen LogP contribution in [0.1, 0.15) is 11.8 Å². The normalized spacial score (nSPS) is 23.1. The summed E-state index contributed by atoms with van der Waals surface area (Å²) in [6.07, 6.45) is 1.51. The Kier molecular flexibility index (Phi) is 6.23. The van der Waals surface area contributed by atoms with Crippen molar-refractivity contribution in [3.8, 4) is 0 Å². The van der Waals surface area contributed by atoms with Crippen molar-refractivity contribution in [3.63, 3.8) is 0 Å². The van der Waals surface area contributed by atoms with Gasteiger partial charge in [-0.15, -0.1) is 0 Å². The molecule has 0 spiro atoms. The Balaban J connectivity index is 1.48. The Labute approximate surface area is 185 Å². The highest BCUT2D eigenvalue weighted by molar-refractivity contribution is 5.83. The van der Waals surface area contributed by atoms with Gasteiger partial charge in [-0.3, -0.25) is 14.7 Å². The van der Waals surface area contributed by atoms with Crippen molar-refractivity contribution in [1.82, 2.24) is 19.5 Å². The number of hydrazone groups is 1. The second kappa shape index (κ2) is 9.25. The molecule has 1 saturated heterocycles. The van der Waals surface area contributed by atoms with Crippen molar-refractivity contribution >= 4 is 40.9 Å². The molecule has 172 valence electrons. The maximum Gasteiger partial charge on any atom is 0.269 e. The molecule has 1 aliphatic heterocycles. The van der Waals surface area contributed by atoms with Crippen LogP contribution in [0.3, 0.4) is 0 Å². The third kappa shape index (κ3) is 4.49. The van der Waals surface area contributed by atoms with Crippen LogP contribution in [0.2, 0.25) is 0 Å². The van der Waals surface area contributed by atoms with Gasteiger partial charge in [0.25, 0.3) is 5.69 Å². The number of nitrogens with one attached hydrogen (secondary N) is 1. The van der Waals surface area contributed by atoms with Crippen LogP contribution in [0.25, 0.3) is 17.2 Å². The third-order valence-electron chi connectivity index (χ3n) is 4.96. The first-order chi connectivity index (χ1) is 15.9. The number of hydrogen-bond acceptors (Lipinski definition) is 12. The lowest BCUT2D eigenvalue weighted by Gasteiger charge is -2.16. The number of hydrogen-bond donors (Lipinski definition) is 5.